The second kappa shape index (κ2) is 3.80. The number of hydrogen-bond acceptors (Lipinski definition) is 1. The van der Waals surface area contributed by atoms with Gasteiger partial charge >= 0.3 is 0 Å². The molecule has 3 aliphatic rings. The van der Waals surface area contributed by atoms with E-state index in [1.165, 1.54) is 38.5 Å². The molecule has 0 saturated heterocycles. The van der Waals surface area contributed by atoms with E-state index in [0.29, 0.717) is 17.9 Å². The number of rotatable bonds is 2. The minimum absolute atomic E-state index is 0.351. The van der Waals surface area contributed by atoms with Crippen LogP contribution in [0, 0.1) is 17.8 Å². The molecule has 3 rings (SSSR count). The second-order valence-electron chi connectivity index (χ2n) is 5.77. The minimum Gasteiger partial charge on any atom is -0.353 e. The Balaban J connectivity index is 1.54. The summed E-state index contributed by atoms with van der Waals surface area (Å²) in [5, 5.41) is 3.31. The van der Waals surface area contributed by atoms with Crippen molar-refractivity contribution < 1.29 is 4.79 Å². The Hall–Kier alpha value is -0.530. The highest BCUT2D eigenvalue weighted by Crippen LogP contribution is 2.44. The summed E-state index contributed by atoms with van der Waals surface area (Å²) in [6.45, 7) is 0. The lowest BCUT2D eigenvalue weighted by atomic mass is 9.94. The SMILES string of the molecule is O=C(N[C@H]1C[C@H]2CC[C@@H]1C2)C1CCCC1. The molecule has 1 amide bonds. The second-order valence-corrected chi connectivity index (χ2v) is 5.77. The predicted octanol–water partition coefficient (Wildman–Crippen LogP) is 2.48. The third-order valence-electron chi connectivity index (χ3n) is 4.79. The Kier molecular flexibility index (Phi) is 2.45. The molecule has 0 aromatic carbocycles. The van der Waals surface area contributed by atoms with Gasteiger partial charge in [0, 0.05) is 12.0 Å². The molecule has 3 aliphatic carbocycles. The van der Waals surface area contributed by atoms with Gasteiger partial charge in [-0.1, -0.05) is 19.3 Å². The topological polar surface area (TPSA) is 29.1 Å². The highest BCUT2D eigenvalue weighted by Gasteiger charge is 2.40. The van der Waals surface area contributed by atoms with Crippen LogP contribution in [0.15, 0.2) is 0 Å². The molecule has 0 aromatic rings. The standard InChI is InChI=1S/C13H21NO/c15-13(10-3-1-2-4-10)14-12-8-9-5-6-11(12)7-9/h9-12H,1-8H2,(H,14,15)/t9-,11+,12-/m0/s1. The quantitative estimate of drug-likeness (QED) is 0.740. The summed E-state index contributed by atoms with van der Waals surface area (Å²) >= 11 is 0. The van der Waals surface area contributed by atoms with E-state index in [1.54, 1.807) is 0 Å². The molecule has 0 heterocycles. The number of carbonyl (C=O) groups is 1. The molecule has 2 heteroatoms. The molecule has 0 unspecified atom stereocenters. The molecule has 15 heavy (non-hydrogen) atoms. The fourth-order valence-corrected chi connectivity index (χ4v) is 3.91. The Morgan fingerprint density at radius 3 is 2.40 bits per heavy atom. The van der Waals surface area contributed by atoms with Crippen molar-refractivity contribution in [2.24, 2.45) is 17.8 Å². The van der Waals surface area contributed by atoms with Crippen LogP contribution in [0.3, 0.4) is 0 Å². The zero-order chi connectivity index (χ0) is 10.3. The summed E-state index contributed by atoms with van der Waals surface area (Å²) in [6.07, 6.45) is 10.2. The van der Waals surface area contributed by atoms with E-state index >= 15 is 0 Å². The van der Waals surface area contributed by atoms with Gasteiger partial charge in [0.15, 0.2) is 0 Å². The molecule has 0 aliphatic heterocycles. The summed E-state index contributed by atoms with van der Waals surface area (Å²) in [5.74, 6) is 2.47. The zero-order valence-electron chi connectivity index (χ0n) is 9.37. The van der Waals surface area contributed by atoms with E-state index in [9.17, 15) is 4.79 Å². The molecule has 3 saturated carbocycles. The van der Waals surface area contributed by atoms with Gasteiger partial charge in [-0.15, -0.1) is 0 Å². The van der Waals surface area contributed by atoms with E-state index < -0.39 is 0 Å². The first kappa shape index (κ1) is 9.68. The van der Waals surface area contributed by atoms with Gasteiger partial charge in [-0.3, -0.25) is 4.79 Å². The predicted molar refractivity (Wildman–Crippen MR) is 59.3 cm³/mol. The van der Waals surface area contributed by atoms with Gasteiger partial charge in [0.2, 0.25) is 5.91 Å². The Bertz CT molecular complexity index is 257. The van der Waals surface area contributed by atoms with Crippen molar-refractivity contribution in [1.29, 1.82) is 0 Å². The van der Waals surface area contributed by atoms with Gasteiger partial charge < -0.3 is 5.32 Å². The molecule has 3 atom stereocenters. The summed E-state index contributed by atoms with van der Waals surface area (Å²) in [4.78, 5) is 12.0. The van der Waals surface area contributed by atoms with Crippen molar-refractivity contribution in [3.8, 4) is 0 Å². The largest absolute Gasteiger partial charge is 0.353 e. The molecule has 1 N–H and O–H groups in total. The fraction of sp³-hybridized carbons (Fsp3) is 0.923. The molecule has 84 valence electrons. The fourth-order valence-electron chi connectivity index (χ4n) is 3.91. The molecule has 0 spiro atoms. The molecular weight excluding hydrogens is 186 g/mol. The zero-order valence-corrected chi connectivity index (χ0v) is 9.37. The summed E-state index contributed by atoms with van der Waals surface area (Å²) in [7, 11) is 0. The van der Waals surface area contributed by atoms with Gasteiger partial charge in [0.05, 0.1) is 0 Å². The van der Waals surface area contributed by atoms with Crippen molar-refractivity contribution in [3.05, 3.63) is 0 Å². The summed E-state index contributed by atoms with van der Waals surface area (Å²) in [5.41, 5.74) is 0. The van der Waals surface area contributed by atoms with Crippen LogP contribution >= 0.6 is 0 Å². The van der Waals surface area contributed by atoms with Crippen molar-refractivity contribution in [2.75, 3.05) is 0 Å². The van der Waals surface area contributed by atoms with Crippen molar-refractivity contribution in [3.63, 3.8) is 0 Å². The lowest BCUT2D eigenvalue weighted by Gasteiger charge is -2.24. The van der Waals surface area contributed by atoms with Crippen LogP contribution in [-0.2, 0) is 4.79 Å². The van der Waals surface area contributed by atoms with E-state index in [2.05, 4.69) is 5.32 Å². The van der Waals surface area contributed by atoms with Crippen molar-refractivity contribution in [2.45, 2.75) is 57.4 Å². The molecule has 3 fully saturated rings. The van der Waals surface area contributed by atoms with Gasteiger partial charge in [0.25, 0.3) is 0 Å². The van der Waals surface area contributed by atoms with Crippen molar-refractivity contribution in [1.82, 2.24) is 5.32 Å². The molecule has 2 nitrogen and oxygen atoms in total. The summed E-state index contributed by atoms with van der Waals surface area (Å²) < 4.78 is 0. The average molecular weight is 207 g/mol. The third kappa shape index (κ3) is 1.79. The van der Waals surface area contributed by atoms with Gasteiger partial charge in [-0.2, -0.15) is 0 Å². The number of carbonyl (C=O) groups excluding carboxylic acids is 1. The van der Waals surface area contributed by atoms with Crippen LogP contribution in [0.4, 0.5) is 0 Å². The van der Waals surface area contributed by atoms with E-state index in [4.69, 9.17) is 0 Å². The van der Waals surface area contributed by atoms with E-state index in [-0.39, 0.29) is 0 Å². The summed E-state index contributed by atoms with van der Waals surface area (Å²) in [6, 6.07) is 0.539. The number of fused-ring (bicyclic) bond motifs is 2. The maximum atomic E-state index is 12.0. The van der Waals surface area contributed by atoms with Gasteiger partial charge in [-0.25, -0.2) is 0 Å². The first-order valence-electron chi connectivity index (χ1n) is 6.63. The highest BCUT2D eigenvalue weighted by molar-refractivity contribution is 5.79. The Labute approximate surface area is 91.8 Å². The number of hydrogen-bond donors (Lipinski definition) is 1. The van der Waals surface area contributed by atoms with Crippen LogP contribution < -0.4 is 5.32 Å². The smallest absolute Gasteiger partial charge is 0.223 e. The van der Waals surface area contributed by atoms with Crippen molar-refractivity contribution >= 4 is 5.91 Å². The highest BCUT2D eigenvalue weighted by atomic mass is 16.1. The number of nitrogens with one attached hydrogen (secondary N) is 1. The van der Waals surface area contributed by atoms with Crippen LogP contribution in [0.1, 0.15) is 51.4 Å². The first-order chi connectivity index (χ1) is 7.33. The molecule has 0 radical (unpaired) electrons. The maximum absolute atomic E-state index is 12.0. The monoisotopic (exact) mass is 207 g/mol. The Morgan fingerprint density at radius 1 is 1.00 bits per heavy atom. The van der Waals surface area contributed by atoms with Crippen LogP contribution in [0.25, 0.3) is 0 Å². The third-order valence-corrected chi connectivity index (χ3v) is 4.79. The number of amides is 1. The molecular formula is C13H21NO. The minimum atomic E-state index is 0.351. The lowest BCUT2D eigenvalue weighted by molar-refractivity contribution is -0.125. The maximum Gasteiger partial charge on any atom is 0.223 e. The average Bonchev–Trinajstić information content (AvgIpc) is 2.95. The van der Waals surface area contributed by atoms with Crippen LogP contribution in [0.2, 0.25) is 0 Å². The normalized spacial score (nSPS) is 39.9. The van der Waals surface area contributed by atoms with Crippen LogP contribution in [0.5, 0.6) is 0 Å². The Morgan fingerprint density at radius 2 is 1.80 bits per heavy atom. The lowest BCUT2D eigenvalue weighted by Crippen LogP contribution is -2.41. The van der Waals surface area contributed by atoms with Crippen LogP contribution in [-0.4, -0.2) is 11.9 Å². The first-order valence-corrected chi connectivity index (χ1v) is 6.63. The van der Waals surface area contributed by atoms with Gasteiger partial charge in [0.1, 0.15) is 0 Å². The molecule has 0 aromatic heterocycles. The van der Waals surface area contributed by atoms with E-state index in [0.717, 1.165) is 24.7 Å². The van der Waals surface area contributed by atoms with Gasteiger partial charge in [-0.05, 0) is 43.9 Å². The molecule has 2 bridgehead atoms. The van der Waals surface area contributed by atoms with E-state index in [1.807, 2.05) is 0 Å².